The van der Waals surface area contributed by atoms with E-state index in [1.807, 2.05) is 19.1 Å². The lowest BCUT2D eigenvalue weighted by molar-refractivity contribution is 0.332. The van der Waals surface area contributed by atoms with Crippen LogP contribution >= 0.6 is 0 Å². The number of ether oxygens (including phenoxy) is 2. The Morgan fingerprint density at radius 3 is 2.65 bits per heavy atom. The topological polar surface area (TPSA) is 90.5 Å². The molecule has 0 amide bonds. The van der Waals surface area contributed by atoms with Crippen molar-refractivity contribution in [2.75, 3.05) is 14.2 Å². The average molecular weight is 313 g/mol. The molecule has 23 heavy (non-hydrogen) atoms. The highest BCUT2D eigenvalue weighted by Crippen LogP contribution is 2.43. The maximum absolute atomic E-state index is 10.3. The third kappa shape index (κ3) is 2.57. The van der Waals surface area contributed by atoms with E-state index in [1.165, 1.54) is 14.2 Å². The van der Waals surface area contributed by atoms with Gasteiger partial charge in [-0.3, -0.25) is 4.98 Å². The summed E-state index contributed by atoms with van der Waals surface area (Å²) in [4.78, 5) is 8.55. The first-order chi connectivity index (χ1) is 11.2. The summed E-state index contributed by atoms with van der Waals surface area (Å²) in [6.45, 7) is 1.91. The van der Waals surface area contributed by atoms with Crippen LogP contribution in [0.3, 0.4) is 0 Å². The zero-order valence-electron chi connectivity index (χ0n) is 12.9. The molecule has 0 radical (unpaired) electrons. The number of rotatable bonds is 4. The summed E-state index contributed by atoms with van der Waals surface area (Å²) in [5.74, 6) is 1.02. The maximum Gasteiger partial charge on any atom is 0.262 e. The minimum Gasteiger partial charge on any atom is -0.504 e. The molecule has 1 N–H and O–H groups in total. The minimum atomic E-state index is -0.125. The lowest BCUT2D eigenvalue weighted by atomic mass is 10.1. The highest BCUT2D eigenvalue weighted by Gasteiger charge is 2.20. The summed E-state index contributed by atoms with van der Waals surface area (Å²) in [6.07, 6.45) is 1.66. The quantitative estimate of drug-likeness (QED) is 0.792. The van der Waals surface area contributed by atoms with Crippen LogP contribution in [0.5, 0.6) is 17.2 Å². The Bertz CT molecular complexity index is 845. The van der Waals surface area contributed by atoms with Crippen LogP contribution in [0.4, 0.5) is 0 Å². The van der Waals surface area contributed by atoms with Gasteiger partial charge in [-0.2, -0.15) is 4.98 Å². The van der Waals surface area contributed by atoms with Gasteiger partial charge in [-0.1, -0.05) is 11.2 Å². The summed E-state index contributed by atoms with van der Waals surface area (Å²) in [6, 6.07) is 7.02. The van der Waals surface area contributed by atoms with Crippen LogP contribution in [0.2, 0.25) is 0 Å². The molecule has 2 aromatic heterocycles. The molecule has 0 unspecified atom stereocenters. The van der Waals surface area contributed by atoms with Gasteiger partial charge in [0.1, 0.15) is 5.69 Å². The Balaban J connectivity index is 2.06. The second-order valence-corrected chi connectivity index (χ2v) is 4.79. The molecule has 0 aliphatic heterocycles. The van der Waals surface area contributed by atoms with Gasteiger partial charge in [0.15, 0.2) is 11.5 Å². The minimum absolute atomic E-state index is 0.125. The molecule has 118 valence electrons. The third-order valence-corrected chi connectivity index (χ3v) is 3.40. The fourth-order valence-corrected chi connectivity index (χ4v) is 2.23. The summed E-state index contributed by atoms with van der Waals surface area (Å²) in [7, 11) is 2.93. The van der Waals surface area contributed by atoms with Gasteiger partial charge in [0.05, 0.1) is 19.8 Å². The van der Waals surface area contributed by atoms with E-state index in [2.05, 4.69) is 15.1 Å². The number of hydrogen-bond donors (Lipinski definition) is 1. The van der Waals surface area contributed by atoms with E-state index in [1.54, 1.807) is 18.3 Å². The Kier molecular flexibility index (Phi) is 3.84. The van der Waals surface area contributed by atoms with Crippen molar-refractivity contribution in [1.82, 2.24) is 15.1 Å². The first-order valence-electron chi connectivity index (χ1n) is 6.85. The Labute approximate surface area is 132 Å². The predicted octanol–water partition coefficient (Wildman–Crippen LogP) is 2.83. The smallest absolute Gasteiger partial charge is 0.262 e. The van der Waals surface area contributed by atoms with Crippen LogP contribution in [-0.2, 0) is 0 Å². The predicted molar refractivity (Wildman–Crippen MR) is 82.5 cm³/mol. The largest absolute Gasteiger partial charge is 0.504 e. The standard InChI is InChI=1S/C16H15N3O4/c1-9-5-4-8-17-12(9)15-18-16(23-19-15)10-6-7-11(21-2)14(22-3)13(10)20/h4-8,20H,1-3H3. The second kappa shape index (κ2) is 5.96. The number of phenolic OH excluding ortho intramolecular Hbond substituents is 1. The van der Waals surface area contributed by atoms with Gasteiger partial charge in [-0.05, 0) is 30.7 Å². The lowest BCUT2D eigenvalue weighted by Gasteiger charge is -2.10. The van der Waals surface area contributed by atoms with Crippen LogP contribution in [0.1, 0.15) is 5.56 Å². The summed E-state index contributed by atoms with van der Waals surface area (Å²) in [5, 5.41) is 14.3. The van der Waals surface area contributed by atoms with Gasteiger partial charge in [-0.15, -0.1) is 0 Å². The van der Waals surface area contributed by atoms with Crippen molar-refractivity contribution in [3.63, 3.8) is 0 Å². The van der Waals surface area contributed by atoms with Crippen LogP contribution in [0.25, 0.3) is 23.0 Å². The number of aromatic nitrogens is 3. The van der Waals surface area contributed by atoms with E-state index in [-0.39, 0.29) is 17.4 Å². The van der Waals surface area contributed by atoms with E-state index >= 15 is 0 Å². The van der Waals surface area contributed by atoms with Gasteiger partial charge in [0.2, 0.25) is 11.6 Å². The molecule has 7 heteroatoms. The van der Waals surface area contributed by atoms with E-state index in [4.69, 9.17) is 14.0 Å². The van der Waals surface area contributed by atoms with Crippen molar-refractivity contribution >= 4 is 0 Å². The van der Waals surface area contributed by atoms with E-state index in [0.29, 0.717) is 22.8 Å². The number of aromatic hydroxyl groups is 1. The van der Waals surface area contributed by atoms with Gasteiger partial charge in [0.25, 0.3) is 5.89 Å². The number of nitrogens with zero attached hydrogens (tertiary/aromatic N) is 3. The summed E-state index contributed by atoms with van der Waals surface area (Å²) >= 11 is 0. The zero-order chi connectivity index (χ0) is 16.4. The number of aryl methyl sites for hydroxylation is 1. The van der Waals surface area contributed by atoms with E-state index < -0.39 is 0 Å². The van der Waals surface area contributed by atoms with Crippen molar-refractivity contribution in [1.29, 1.82) is 0 Å². The lowest BCUT2D eigenvalue weighted by Crippen LogP contribution is -1.92. The fourth-order valence-electron chi connectivity index (χ4n) is 2.23. The SMILES string of the molecule is COc1ccc(-c2nc(-c3ncccc3C)no2)c(O)c1OC. The number of hydrogen-bond acceptors (Lipinski definition) is 7. The number of pyridine rings is 1. The van der Waals surface area contributed by atoms with Crippen molar-refractivity contribution in [3.05, 3.63) is 36.0 Å². The molecule has 0 atom stereocenters. The van der Waals surface area contributed by atoms with Gasteiger partial charge >= 0.3 is 0 Å². The normalized spacial score (nSPS) is 10.6. The molecule has 2 heterocycles. The number of methoxy groups -OCH3 is 2. The van der Waals surface area contributed by atoms with Gasteiger partial charge in [0, 0.05) is 6.20 Å². The Morgan fingerprint density at radius 1 is 1.13 bits per heavy atom. The van der Waals surface area contributed by atoms with Crippen molar-refractivity contribution in [3.8, 4) is 40.2 Å². The Hall–Kier alpha value is -3.09. The van der Waals surface area contributed by atoms with E-state index in [9.17, 15) is 5.11 Å². The number of phenols is 1. The van der Waals surface area contributed by atoms with Crippen LogP contribution < -0.4 is 9.47 Å². The zero-order valence-corrected chi connectivity index (χ0v) is 12.9. The summed E-state index contributed by atoms with van der Waals surface area (Å²) < 4.78 is 15.6. The third-order valence-electron chi connectivity index (χ3n) is 3.40. The highest BCUT2D eigenvalue weighted by molar-refractivity contribution is 5.71. The molecule has 0 bridgehead atoms. The molecule has 3 rings (SSSR count). The summed E-state index contributed by atoms with van der Waals surface area (Å²) in [5.41, 5.74) is 1.91. The molecule has 0 aliphatic carbocycles. The molecule has 3 aromatic rings. The molecule has 0 fully saturated rings. The molecule has 0 saturated heterocycles. The molecule has 1 aromatic carbocycles. The van der Waals surface area contributed by atoms with Crippen molar-refractivity contribution in [2.24, 2.45) is 0 Å². The molecular formula is C16H15N3O4. The first-order valence-corrected chi connectivity index (χ1v) is 6.85. The monoisotopic (exact) mass is 313 g/mol. The van der Waals surface area contributed by atoms with Gasteiger partial charge < -0.3 is 19.1 Å². The first kappa shape index (κ1) is 14.8. The maximum atomic E-state index is 10.3. The molecular weight excluding hydrogens is 298 g/mol. The molecule has 0 saturated carbocycles. The van der Waals surface area contributed by atoms with Crippen molar-refractivity contribution < 1.29 is 19.1 Å². The van der Waals surface area contributed by atoms with Crippen LogP contribution in [-0.4, -0.2) is 34.5 Å². The van der Waals surface area contributed by atoms with Crippen LogP contribution in [0, 0.1) is 6.92 Å². The molecule has 0 aliphatic rings. The Morgan fingerprint density at radius 2 is 1.96 bits per heavy atom. The van der Waals surface area contributed by atoms with E-state index in [0.717, 1.165) is 5.56 Å². The van der Waals surface area contributed by atoms with Gasteiger partial charge in [-0.25, -0.2) is 0 Å². The highest BCUT2D eigenvalue weighted by atomic mass is 16.5. The van der Waals surface area contributed by atoms with Crippen molar-refractivity contribution in [2.45, 2.75) is 6.92 Å². The fraction of sp³-hybridized carbons (Fsp3) is 0.188. The average Bonchev–Trinajstić information content (AvgIpc) is 3.04. The molecule has 0 spiro atoms. The molecule has 7 nitrogen and oxygen atoms in total. The second-order valence-electron chi connectivity index (χ2n) is 4.79. The number of benzene rings is 1. The van der Waals surface area contributed by atoms with Crippen LogP contribution in [0.15, 0.2) is 35.0 Å².